The molecule has 160 valence electrons. The molecule has 3 aromatic heterocycles. The maximum Gasteiger partial charge on any atom is 0.146 e. The van der Waals surface area contributed by atoms with Gasteiger partial charge in [-0.2, -0.15) is 5.10 Å². The first-order valence-electron chi connectivity index (χ1n) is 10.2. The molecule has 1 aliphatic rings. The van der Waals surface area contributed by atoms with Crippen LogP contribution in [0.15, 0.2) is 42.6 Å². The van der Waals surface area contributed by atoms with E-state index >= 15 is 0 Å². The second-order valence-corrected chi connectivity index (χ2v) is 8.12. The van der Waals surface area contributed by atoms with Crippen LogP contribution in [0.5, 0.6) is 5.75 Å². The fourth-order valence-corrected chi connectivity index (χ4v) is 4.20. The Bertz CT molecular complexity index is 1270. The highest BCUT2D eigenvalue weighted by atomic mass is 19.1. The highest BCUT2D eigenvalue weighted by Gasteiger charge is 2.47. The van der Waals surface area contributed by atoms with Gasteiger partial charge < -0.3 is 14.4 Å². The molecular formula is C23H24FN5O2. The van der Waals surface area contributed by atoms with Gasteiger partial charge in [0.1, 0.15) is 23.4 Å². The largest absolute Gasteiger partial charge is 0.497 e. The van der Waals surface area contributed by atoms with Crippen LogP contribution in [0.2, 0.25) is 0 Å². The molecule has 5 rings (SSSR count). The number of hydrogen-bond acceptors (Lipinski definition) is 5. The van der Waals surface area contributed by atoms with Crippen molar-refractivity contribution in [3.05, 3.63) is 65.4 Å². The molecule has 3 heterocycles. The summed E-state index contributed by atoms with van der Waals surface area (Å²) in [6.07, 6.45) is 2.28. The van der Waals surface area contributed by atoms with E-state index in [-0.39, 0.29) is 5.82 Å². The van der Waals surface area contributed by atoms with E-state index in [1.54, 1.807) is 18.3 Å². The van der Waals surface area contributed by atoms with Gasteiger partial charge >= 0.3 is 0 Å². The molecular weight excluding hydrogens is 397 g/mol. The predicted octanol–water partition coefficient (Wildman–Crippen LogP) is 3.69. The first kappa shape index (κ1) is 19.7. The molecule has 1 unspecified atom stereocenters. The number of aliphatic hydroxyl groups excluding tert-OH is 1. The first-order valence-corrected chi connectivity index (χ1v) is 10.2. The second-order valence-electron chi connectivity index (χ2n) is 8.12. The van der Waals surface area contributed by atoms with Crippen LogP contribution in [0, 0.1) is 12.7 Å². The zero-order valence-corrected chi connectivity index (χ0v) is 17.6. The van der Waals surface area contributed by atoms with Crippen LogP contribution >= 0.6 is 0 Å². The van der Waals surface area contributed by atoms with E-state index < -0.39 is 11.8 Å². The summed E-state index contributed by atoms with van der Waals surface area (Å²) < 4.78 is 21.6. The SMILES string of the molecule is COc1ccc(C2(NC(O)c3cc4ccc(-c5cn[nH]c5C)nc4n3C)CC2)c(F)c1. The smallest absolute Gasteiger partial charge is 0.146 e. The van der Waals surface area contributed by atoms with Crippen LogP contribution in [0.3, 0.4) is 0 Å². The number of rotatable bonds is 6. The van der Waals surface area contributed by atoms with Crippen molar-refractivity contribution in [2.24, 2.45) is 7.05 Å². The third kappa shape index (κ3) is 3.28. The number of aromatic nitrogens is 4. The maximum atomic E-state index is 14.7. The van der Waals surface area contributed by atoms with Gasteiger partial charge in [-0.15, -0.1) is 0 Å². The average molecular weight is 421 g/mol. The lowest BCUT2D eigenvalue weighted by Gasteiger charge is -2.23. The van der Waals surface area contributed by atoms with E-state index in [2.05, 4.69) is 15.5 Å². The summed E-state index contributed by atoms with van der Waals surface area (Å²) in [5, 5.41) is 22.2. The van der Waals surface area contributed by atoms with Crippen molar-refractivity contribution in [2.75, 3.05) is 7.11 Å². The number of ether oxygens (including phenoxy) is 1. The standard InChI is InChI=1S/C23H24FN5O2/c1-13-16(12-25-28-13)19-7-4-14-10-20(29(2)21(14)26-19)22(30)27-23(8-9-23)17-6-5-15(31-3)11-18(17)24/h4-7,10-12,22,27,30H,8-9H2,1-3H3,(H,25,28). The van der Waals surface area contributed by atoms with E-state index in [4.69, 9.17) is 9.72 Å². The number of aliphatic hydroxyl groups is 1. The molecule has 0 radical (unpaired) electrons. The molecule has 0 aliphatic heterocycles. The third-order valence-corrected chi connectivity index (χ3v) is 6.15. The molecule has 0 amide bonds. The summed E-state index contributed by atoms with van der Waals surface area (Å²) in [5.74, 6) is 0.136. The highest BCUT2D eigenvalue weighted by molar-refractivity contribution is 5.81. The van der Waals surface area contributed by atoms with Gasteiger partial charge in [-0.25, -0.2) is 9.37 Å². The number of nitrogens with zero attached hydrogens (tertiary/aromatic N) is 3. The number of nitrogens with one attached hydrogen (secondary N) is 2. The number of halogens is 1. The number of benzene rings is 1. The summed E-state index contributed by atoms with van der Waals surface area (Å²) in [7, 11) is 3.38. The number of H-pyrrole nitrogens is 1. The second kappa shape index (κ2) is 7.18. The number of methoxy groups -OCH3 is 1. The quantitative estimate of drug-likeness (QED) is 0.413. The molecule has 1 aliphatic carbocycles. The normalized spacial score (nSPS) is 15.9. The fraction of sp³-hybridized carbons (Fsp3) is 0.304. The Kier molecular flexibility index (Phi) is 4.56. The molecule has 1 fully saturated rings. The minimum absolute atomic E-state index is 0.338. The van der Waals surface area contributed by atoms with Gasteiger partial charge in [0, 0.05) is 40.9 Å². The van der Waals surface area contributed by atoms with Crippen molar-refractivity contribution in [3.8, 4) is 17.0 Å². The van der Waals surface area contributed by atoms with Crippen molar-refractivity contribution in [1.29, 1.82) is 0 Å². The molecule has 7 nitrogen and oxygen atoms in total. The van der Waals surface area contributed by atoms with E-state index in [1.165, 1.54) is 13.2 Å². The Hall–Kier alpha value is -3.23. The Balaban J connectivity index is 1.45. The predicted molar refractivity (Wildman–Crippen MR) is 115 cm³/mol. The van der Waals surface area contributed by atoms with Gasteiger partial charge in [0.15, 0.2) is 0 Å². The van der Waals surface area contributed by atoms with Crippen LogP contribution in [0.1, 0.15) is 36.0 Å². The minimum Gasteiger partial charge on any atom is -0.497 e. The molecule has 1 aromatic carbocycles. The minimum atomic E-state index is -0.970. The van der Waals surface area contributed by atoms with Crippen LogP contribution in [0.25, 0.3) is 22.3 Å². The lowest BCUT2D eigenvalue weighted by atomic mass is 10.0. The molecule has 31 heavy (non-hydrogen) atoms. The summed E-state index contributed by atoms with van der Waals surface area (Å²) >= 11 is 0. The summed E-state index contributed by atoms with van der Waals surface area (Å²) in [5.41, 5.74) is 4.09. The fourth-order valence-electron chi connectivity index (χ4n) is 4.20. The zero-order valence-electron chi connectivity index (χ0n) is 17.6. The third-order valence-electron chi connectivity index (χ3n) is 6.15. The van der Waals surface area contributed by atoms with Crippen LogP contribution in [-0.2, 0) is 12.6 Å². The van der Waals surface area contributed by atoms with Gasteiger partial charge in [0.05, 0.1) is 24.7 Å². The number of aromatic amines is 1. The van der Waals surface area contributed by atoms with Crippen LogP contribution in [0.4, 0.5) is 4.39 Å². The molecule has 3 N–H and O–H groups in total. The van der Waals surface area contributed by atoms with Crippen molar-refractivity contribution in [2.45, 2.75) is 31.5 Å². The van der Waals surface area contributed by atoms with E-state index in [1.807, 2.05) is 36.7 Å². The lowest BCUT2D eigenvalue weighted by molar-refractivity contribution is 0.110. The average Bonchev–Trinajstić information content (AvgIpc) is 3.27. The lowest BCUT2D eigenvalue weighted by Crippen LogP contribution is -2.34. The van der Waals surface area contributed by atoms with Crippen molar-refractivity contribution in [3.63, 3.8) is 0 Å². The van der Waals surface area contributed by atoms with Gasteiger partial charge in [-0.3, -0.25) is 10.4 Å². The first-order chi connectivity index (χ1) is 14.9. The molecule has 1 atom stereocenters. The number of aryl methyl sites for hydroxylation is 2. The molecule has 0 spiro atoms. The molecule has 0 bridgehead atoms. The van der Waals surface area contributed by atoms with Gasteiger partial charge in [0.25, 0.3) is 0 Å². The van der Waals surface area contributed by atoms with Crippen molar-refractivity contribution in [1.82, 2.24) is 25.1 Å². The summed E-state index contributed by atoms with van der Waals surface area (Å²) in [6.45, 7) is 1.95. The number of pyridine rings is 1. The molecule has 0 saturated heterocycles. The van der Waals surface area contributed by atoms with E-state index in [9.17, 15) is 9.50 Å². The van der Waals surface area contributed by atoms with Gasteiger partial charge in [0.2, 0.25) is 0 Å². The molecule has 8 heteroatoms. The highest BCUT2D eigenvalue weighted by Crippen LogP contribution is 2.48. The topological polar surface area (TPSA) is 88.0 Å². The monoisotopic (exact) mass is 421 g/mol. The van der Waals surface area contributed by atoms with E-state index in [0.29, 0.717) is 17.0 Å². The zero-order chi connectivity index (χ0) is 21.8. The molecule has 4 aromatic rings. The van der Waals surface area contributed by atoms with Crippen LogP contribution < -0.4 is 10.1 Å². The number of fused-ring (bicyclic) bond motifs is 1. The Morgan fingerprint density at radius 1 is 1.26 bits per heavy atom. The van der Waals surface area contributed by atoms with Crippen LogP contribution in [-0.4, -0.2) is 32.0 Å². The Morgan fingerprint density at radius 3 is 2.71 bits per heavy atom. The Morgan fingerprint density at radius 2 is 2.06 bits per heavy atom. The van der Waals surface area contributed by atoms with Gasteiger partial charge in [-0.1, -0.05) is 6.07 Å². The maximum absolute atomic E-state index is 14.7. The summed E-state index contributed by atoms with van der Waals surface area (Å²) in [6, 6.07) is 10.7. The van der Waals surface area contributed by atoms with E-state index in [0.717, 1.165) is 40.8 Å². The number of hydrogen-bond donors (Lipinski definition) is 3. The Labute approximate surface area is 178 Å². The van der Waals surface area contributed by atoms with Crippen molar-refractivity contribution >= 4 is 11.0 Å². The van der Waals surface area contributed by atoms with Crippen molar-refractivity contribution < 1.29 is 14.2 Å². The van der Waals surface area contributed by atoms with Gasteiger partial charge in [-0.05, 0) is 44.0 Å². The molecule has 1 saturated carbocycles. The summed E-state index contributed by atoms with van der Waals surface area (Å²) in [4.78, 5) is 4.77.